The number of hydrogen-bond acceptors (Lipinski definition) is 1. The highest BCUT2D eigenvalue weighted by Gasteiger charge is 2.14. The first-order chi connectivity index (χ1) is 8.90. The van der Waals surface area contributed by atoms with Gasteiger partial charge >= 0.3 is 0 Å². The van der Waals surface area contributed by atoms with Crippen LogP contribution >= 0.6 is 0 Å². The predicted octanol–water partition coefficient (Wildman–Crippen LogP) is 2.87. The highest BCUT2D eigenvalue weighted by atomic mass is 16.5. The normalized spacial score (nSPS) is 18.1. The number of quaternary nitrogens is 1. The average molecular weight is 248 g/mol. The molecule has 0 aromatic heterocycles. The van der Waals surface area contributed by atoms with Gasteiger partial charge in [-0.1, -0.05) is 31.4 Å². The highest BCUT2D eigenvalue weighted by molar-refractivity contribution is 5.32. The standard InChI is InChI=1S/C16H25NO/c1-18-16-12-8-7-9-14(16)13-17-15-10-5-3-2-4-6-11-15/h7-9,12,15,17H,2-6,10-11,13H2,1H3/p+1. The number of rotatable bonds is 4. The van der Waals surface area contributed by atoms with E-state index in [1.165, 1.54) is 50.5 Å². The molecule has 0 bridgehead atoms. The van der Waals surface area contributed by atoms with Crippen LogP contribution < -0.4 is 10.1 Å². The Hall–Kier alpha value is -1.02. The van der Waals surface area contributed by atoms with E-state index in [2.05, 4.69) is 23.5 Å². The van der Waals surface area contributed by atoms with Crippen LogP contribution in [0.1, 0.15) is 50.5 Å². The molecule has 1 aromatic carbocycles. The van der Waals surface area contributed by atoms with Gasteiger partial charge in [0.25, 0.3) is 0 Å². The average Bonchev–Trinajstić information content (AvgIpc) is 2.38. The fourth-order valence-electron chi connectivity index (χ4n) is 2.89. The quantitative estimate of drug-likeness (QED) is 0.871. The van der Waals surface area contributed by atoms with E-state index in [4.69, 9.17) is 4.74 Å². The zero-order valence-electron chi connectivity index (χ0n) is 11.5. The van der Waals surface area contributed by atoms with Gasteiger partial charge in [0.15, 0.2) is 0 Å². The fraction of sp³-hybridized carbons (Fsp3) is 0.625. The van der Waals surface area contributed by atoms with E-state index < -0.39 is 0 Å². The van der Waals surface area contributed by atoms with Gasteiger partial charge in [0, 0.05) is 5.56 Å². The van der Waals surface area contributed by atoms with Gasteiger partial charge in [0.05, 0.1) is 13.2 Å². The van der Waals surface area contributed by atoms with Crippen molar-refractivity contribution in [1.29, 1.82) is 0 Å². The summed E-state index contributed by atoms with van der Waals surface area (Å²) in [5.41, 5.74) is 1.32. The summed E-state index contributed by atoms with van der Waals surface area (Å²) < 4.78 is 5.41. The Bertz CT molecular complexity index is 343. The monoisotopic (exact) mass is 248 g/mol. The first-order valence-corrected chi connectivity index (χ1v) is 7.35. The summed E-state index contributed by atoms with van der Waals surface area (Å²) in [6.45, 7) is 1.05. The van der Waals surface area contributed by atoms with Gasteiger partial charge in [-0.05, 0) is 37.8 Å². The summed E-state index contributed by atoms with van der Waals surface area (Å²) >= 11 is 0. The molecular formula is C16H26NO+. The molecule has 2 rings (SSSR count). The van der Waals surface area contributed by atoms with E-state index in [9.17, 15) is 0 Å². The Morgan fingerprint density at radius 1 is 1.06 bits per heavy atom. The molecule has 0 aliphatic heterocycles. The maximum atomic E-state index is 5.41. The number of ether oxygens (including phenoxy) is 1. The third-order valence-electron chi connectivity index (χ3n) is 4.01. The van der Waals surface area contributed by atoms with Gasteiger partial charge in [-0.2, -0.15) is 0 Å². The van der Waals surface area contributed by atoms with Crippen molar-refractivity contribution >= 4 is 0 Å². The minimum atomic E-state index is 0.815. The Balaban J connectivity index is 1.85. The molecule has 1 aliphatic carbocycles. The van der Waals surface area contributed by atoms with E-state index in [-0.39, 0.29) is 0 Å². The van der Waals surface area contributed by atoms with Crippen molar-refractivity contribution in [1.82, 2.24) is 0 Å². The fourth-order valence-corrected chi connectivity index (χ4v) is 2.89. The molecule has 1 saturated carbocycles. The molecule has 2 N–H and O–H groups in total. The Kier molecular flexibility index (Phi) is 5.53. The molecule has 1 aromatic rings. The number of hydrogen-bond donors (Lipinski definition) is 1. The van der Waals surface area contributed by atoms with Crippen molar-refractivity contribution in [2.45, 2.75) is 57.5 Å². The van der Waals surface area contributed by atoms with Crippen LogP contribution in [0.4, 0.5) is 0 Å². The zero-order chi connectivity index (χ0) is 12.6. The highest BCUT2D eigenvalue weighted by Crippen LogP contribution is 2.17. The van der Waals surface area contributed by atoms with E-state index in [0.29, 0.717) is 0 Å². The summed E-state index contributed by atoms with van der Waals surface area (Å²) in [7, 11) is 1.76. The van der Waals surface area contributed by atoms with E-state index in [1.54, 1.807) is 7.11 Å². The Labute approximate surface area is 111 Å². The molecule has 0 spiro atoms. The second-order valence-electron chi connectivity index (χ2n) is 5.36. The first-order valence-electron chi connectivity index (χ1n) is 7.35. The van der Waals surface area contributed by atoms with Crippen LogP contribution in [0.15, 0.2) is 24.3 Å². The zero-order valence-corrected chi connectivity index (χ0v) is 11.5. The van der Waals surface area contributed by atoms with Gasteiger partial charge in [0.1, 0.15) is 12.3 Å². The maximum Gasteiger partial charge on any atom is 0.127 e. The van der Waals surface area contributed by atoms with Crippen LogP contribution in [-0.2, 0) is 6.54 Å². The van der Waals surface area contributed by atoms with Crippen molar-refractivity contribution in [3.8, 4) is 5.75 Å². The number of methoxy groups -OCH3 is 1. The lowest BCUT2D eigenvalue weighted by molar-refractivity contribution is -0.706. The molecule has 0 atom stereocenters. The van der Waals surface area contributed by atoms with Gasteiger partial charge < -0.3 is 10.1 Å². The molecule has 0 heterocycles. The van der Waals surface area contributed by atoms with E-state index in [1.807, 2.05) is 6.07 Å². The molecule has 0 saturated heterocycles. The lowest BCUT2D eigenvalue weighted by Crippen LogP contribution is -2.88. The molecule has 1 fully saturated rings. The minimum Gasteiger partial charge on any atom is -0.496 e. The largest absolute Gasteiger partial charge is 0.496 e. The molecule has 0 radical (unpaired) electrons. The summed E-state index contributed by atoms with van der Waals surface area (Å²) in [5, 5.41) is 2.52. The molecule has 0 amide bonds. The van der Waals surface area contributed by atoms with Crippen molar-refractivity contribution in [3.63, 3.8) is 0 Å². The van der Waals surface area contributed by atoms with Crippen LogP contribution in [-0.4, -0.2) is 13.2 Å². The van der Waals surface area contributed by atoms with Crippen LogP contribution in [0.3, 0.4) is 0 Å². The molecule has 1 aliphatic rings. The summed E-state index contributed by atoms with van der Waals surface area (Å²) in [6.07, 6.45) is 9.89. The first kappa shape index (κ1) is 13.4. The minimum absolute atomic E-state index is 0.815. The Morgan fingerprint density at radius 3 is 2.44 bits per heavy atom. The van der Waals surface area contributed by atoms with Gasteiger partial charge in [-0.3, -0.25) is 0 Å². The van der Waals surface area contributed by atoms with Gasteiger partial charge in [-0.25, -0.2) is 0 Å². The predicted molar refractivity (Wildman–Crippen MR) is 74.7 cm³/mol. The lowest BCUT2D eigenvalue weighted by Gasteiger charge is -2.18. The third kappa shape index (κ3) is 4.02. The maximum absolute atomic E-state index is 5.41. The van der Waals surface area contributed by atoms with Crippen LogP contribution in [0.2, 0.25) is 0 Å². The van der Waals surface area contributed by atoms with Crippen molar-refractivity contribution in [2.75, 3.05) is 7.11 Å². The summed E-state index contributed by atoms with van der Waals surface area (Å²) in [4.78, 5) is 0. The molecule has 2 heteroatoms. The van der Waals surface area contributed by atoms with Crippen molar-refractivity contribution in [3.05, 3.63) is 29.8 Å². The molecule has 2 nitrogen and oxygen atoms in total. The summed E-state index contributed by atoms with van der Waals surface area (Å²) in [6, 6.07) is 9.19. The SMILES string of the molecule is COc1ccccc1C[NH2+]C1CCCCCCC1. The number of para-hydroxylation sites is 1. The van der Waals surface area contributed by atoms with Crippen molar-refractivity contribution < 1.29 is 10.1 Å². The topological polar surface area (TPSA) is 25.8 Å². The number of benzene rings is 1. The molecule has 18 heavy (non-hydrogen) atoms. The third-order valence-corrected chi connectivity index (χ3v) is 4.01. The lowest BCUT2D eigenvalue weighted by atomic mass is 9.96. The molecule has 0 unspecified atom stereocenters. The molecular weight excluding hydrogens is 222 g/mol. The molecule has 100 valence electrons. The summed E-state index contributed by atoms with van der Waals surface area (Å²) in [5.74, 6) is 1.03. The smallest absolute Gasteiger partial charge is 0.127 e. The second kappa shape index (κ2) is 7.42. The Morgan fingerprint density at radius 2 is 1.72 bits per heavy atom. The second-order valence-corrected chi connectivity index (χ2v) is 5.36. The van der Waals surface area contributed by atoms with E-state index in [0.717, 1.165) is 18.3 Å². The van der Waals surface area contributed by atoms with Crippen LogP contribution in [0, 0.1) is 0 Å². The van der Waals surface area contributed by atoms with Gasteiger partial charge in [0.2, 0.25) is 0 Å². The van der Waals surface area contributed by atoms with Crippen molar-refractivity contribution in [2.24, 2.45) is 0 Å². The van der Waals surface area contributed by atoms with E-state index >= 15 is 0 Å². The van der Waals surface area contributed by atoms with Crippen LogP contribution in [0.25, 0.3) is 0 Å². The van der Waals surface area contributed by atoms with Gasteiger partial charge in [-0.15, -0.1) is 0 Å². The number of nitrogens with two attached hydrogens (primary N) is 1. The van der Waals surface area contributed by atoms with Crippen LogP contribution in [0.5, 0.6) is 5.75 Å².